The minimum atomic E-state index is -0.477. The van der Waals surface area contributed by atoms with Crippen LogP contribution >= 0.6 is 11.6 Å². The van der Waals surface area contributed by atoms with Crippen LogP contribution in [0.4, 0.5) is 11.4 Å². The average molecular weight is 440 g/mol. The Morgan fingerprint density at radius 2 is 1.84 bits per heavy atom. The van der Waals surface area contributed by atoms with Crippen LogP contribution in [0.5, 0.6) is 0 Å². The van der Waals surface area contributed by atoms with Crippen LogP contribution in [0.25, 0.3) is 10.9 Å². The Labute approximate surface area is 186 Å². The summed E-state index contributed by atoms with van der Waals surface area (Å²) in [4.78, 5) is 29.5. The second kappa shape index (κ2) is 10.3. The second-order valence-electron chi connectivity index (χ2n) is 7.22. The molecule has 1 amide bonds. The zero-order valence-corrected chi connectivity index (χ0v) is 18.5. The van der Waals surface area contributed by atoms with Crippen molar-refractivity contribution in [1.82, 2.24) is 4.98 Å². The molecule has 3 aromatic rings. The monoisotopic (exact) mass is 439 g/mol. The van der Waals surface area contributed by atoms with Crippen molar-refractivity contribution in [3.05, 3.63) is 64.3 Å². The molecule has 31 heavy (non-hydrogen) atoms. The number of nitrogens with one attached hydrogen (secondary N) is 1. The van der Waals surface area contributed by atoms with Crippen molar-refractivity contribution in [3.63, 3.8) is 0 Å². The Bertz CT molecular complexity index is 1100. The van der Waals surface area contributed by atoms with Crippen molar-refractivity contribution in [2.45, 2.75) is 39.5 Å². The molecule has 0 saturated carbocycles. The fourth-order valence-electron chi connectivity index (χ4n) is 3.40. The number of carbonyl (C=O) groups excluding carboxylic acids is 2. The minimum absolute atomic E-state index is 0.117. The number of hydrogen-bond acceptors (Lipinski definition) is 5. The number of nitrogen functional groups attached to an aromatic ring is 1. The van der Waals surface area contributed by atoms with Crippen LogP contribution in [0.3, 0.4) is 0 Å². The lowest BCUT2D eigenvalue weighted by molar-refractivity contribution is -0.116. The molecule has 7 heteroatoms. The lowest BCUT2D eigenvalue weighted by Crippen LogP contribution is -2.14. The molecule has 0 atom stereocenters. The molecule has 0 radical (unpaired) electrons. The summed E-state index contributed by atoms with van der Waals surface area (Å²) in [5, 5.41) is 4.17. The maximum Gasteiger partial charge on any atom is 0.342 e. The topological polar surface area (TPSA) is 94.3 Å². The molecule has 0 aliphatic carbocycles. The lowest BCUT2D eigenvalue weighted by atomic mass is 10.0. The van der Waals surface area contributed by atoms with E-state index in [1.54, 1.807) is 25.1 Å². The molecule has 0 fully saturated rings. The summed E-state index contributed by atoms with van der Waals surface area (Å²) in [7, 11) is 0. The molecule has 6 nitrogen and oxygen atoms in total. The van der Waals surface area contributed by atoms with Gasteiger partial charge in [0.2, 0.25) is 5.91 Å². The number of ether oxygens (including phenoxy) is 1. The van der Waals surface area contributed by atoms with E-state index >= 15 is 0 Å². The molecule has 0 unspecified atom stereocenters. The quantitative estimate of drug-likeness (QED) is 0.472. The summed E-state index contributed by atoms with van der Waals surface area (Å²) in [5.74, 6) is -0.593. The zero-order valence-electron chi connectivity index (χ0n) is 17.7. The predicted molar refractivity (Wildman–Crippen MR) is 125 cm³/mol. The van der Waals surface area contributed by atoms with Gasteiger partial charge in [-0.15, -0.1) is 0 Å². The number of anilines is 2. The molecule has 2 aromatic carbocycles. The molecule has 3 N–H and O–H groups in total. The van der Waals surface area contributed by atoms with Gasteiger partial charge in [0, 0.05) is 22.5 Å². The maximum absolute atomic E-state index is 12.5. The molecule has 0 aliphatic rings. The number of esters is 1. The van der Waals surface area contributed by atoms with Gasteiger partial charge in [-0.2, -0.15) is 0 Å². The first-order valence-corrected chi connectivity index (χ1v) is 10.7. The van der Waals surface area contributed by atoms with Gasteiger partial charge in [0.15, 0.2) is 0 Å². The normalized spacial score (nSPS) is 10.8. The number of pyridine rings is 1. The summed E-state index contributed by atoms with van der Waals surface area (Å²) >= 11 is 5.89. The third-order valence-corrected chi connectivity index (χ3v) is 5.16. The van der Waals surface area contributed by atoms with Crippen LogP contribution in [-0.2, 0) is 22.4 Å². The van der Waals surface area contributed by atoms with Gasteiger partial charge < -0.3 is 15.8 Å². The van der Waals surface area contributed by atoms with Gasteiger partial charge in [-0.3, -0.25) is 9.78 Å². The van der Waals surface area contributed by atoms with E-state index in [0.29, 0.717) is 57.8 Å². The Balaban J connectivity index is 1.82. The summed E-state index contributed by atoms with van der Waals surface area (Å²) in [6.07, 6.45) is 2.38. The lowest BCUT2D eigenvalue weighted by Gasteiger charge is -2.14. The van der Waals surface area contributed by atoms with Gasteiger partial charge in [0.05, 0.1) is 23.5 Å². The zero-order chi connectivity index (χ0) is 22.4. The van der Waals surface area contributed by atoms with E-state index in [4.69, 9.17) is 22.1 Å². The first kappa shape index (κ1) is 22.6. The molecule has 3 rings (SSSR count). The number of carbonyl (C=O) groups is 2. The highest BCUT2D eigenvalue weighted by molar-refractivity contribution is 6.30. The van der Waals surface area contributed by atoms with Crippen molar-refractivity contribution >= 4 is 45.8 Å². The van der Waals surface area contributed by atoms with Gasteiger partial charge in [0.25, 0.3) is 0 Å². The number of nitrogens with zero attached hydrogens (tertiary/aromatic N) is 1. The van der Waals surface area contributed by atoms with Crippen molar-refractivity contribution in [1.29, 1.82) is 0 Å². The van der Waals surface area contributed by atoms with E-state index in [2.05, 4.69) is 10.3 Å². The second-order valence-corrected chi connectivity index (χ2v) is 7.66. The highest BCUT2D eigenvalue weighted by Gasteiger charge is 2.20. The molecule has 0 aliphatic heterocycles. The number of hydrogen-bond donors (Lipinski definition) is 2. The van der Waals surface area contributed by atoms with Gasteiger partial charge in [-0.05, 0) is 55.7 Å². The number of benzene rings is 2. The van der Waals surface area contributed by atoms with Crippen LogP contribution in [0, 0.1) is 0 Å². The molecule has 1 aromatic heterocycles. The van der Waals surface area contributed by atoms with Crippen LogP contribution in [0.2, 0.25) is 5.02 Å². The van der Waals surface area contributed by atoms with Gasteiger partial charge in [-0.1, -0.05) is 37.1 Å². The predicted octanol–water partition coefficient (Wildman–Crippen LogP) is 5.17. The number of halogens is 1. The maximum atomic E-state index is 12.5. The fraction of sp³-hybridized carbons (Fsp3) is 0.292. The molecule has 0 spiro atoms. The van der Waals surface area contributed by atoms with Gasteiger partial charge in [-0.25, -0.2) is 4.79 Å². The molecular formula is C24H26ClN3O3. The van der Waals surface area contributed by atoms with Crippen LogP contribution < -0.4 is 11.1 Å². The molecule has 0 bridgehead atoms. The van der Waals surface area contributed by atoms with Crippen molar-refractivity contribution < 1.29 is 14.3 Å². The first-order chi connectivity index (χ1) is 14.9. The van der Waals surface area contributed by atoms with Gasteiger partial charge >= 0.3 is 5.97 Å². The van der Waals surface area contributed by atoms with Crippen molar-refractivity contribution in [2.75, 3.05) is 17.7 Å². The highest BCUT2D eigenvalue weighted by atomic mass is 35.5. The van der Waals surface area contributed by atoms with E-state index in [1.165, 1.54) is 0 Å². The van der Waals surface area contributed by atoms with E-state index < -0.39 is 5.97 Å². The summed E-state index contributed by atoms with van der Waals surface area (Å²) in [5.41, 5.74) is 9.93. The number of nitrogens with two attached hydrogens (primary N) is 1. The Morgan fingerprint density at radius 1 is 1.10 bits per heavy atom. The highest BCUT2D eigenvalue weighted by Crippen LogP contribution is 2.30. The molecule has 162 valence electrons. The Morgan fingerprint density at radius 3 is 2.52 bits per heavy atom. The SMILES string of the molecule is CCCc1nc2ccc(NC(=O)CCc3ccc(Cl)cc3)cc2c(N)c1C(=O)OCC. The number of amides is 1. The molecule has 1 heterocycles. The minimum Gasteiger partial charge on any atom is -0.462 e. The van der Waals surface area contributed by atoms with Gasteiger partial charge in [0.1, 0.15) is 5.56 Å². The smallest absolute Gasteiger partial charge is 0.342 e. The number of aromatic nitrogens is 1. The fourth-order valence-corrected chi connectivity index (χ4v) is 3.53. The number of rotatable bonds is 8. The van der Waals surface area contributed by atoms with E-state index in [1.807, 2.05) is 31.2 Å². The summed E-state index contributed by atoms with van der Waals surface area (Å²) in [6.45, 7) is 4.02. The first-order valence-electron chi connectivity index (χ1n) is 10.4. The van der Waals surface area contributed by atoms with E-state index in [9.17, 15) is 9.59 Å². The van der Waals surface area contributed by atoms with Crippen LogP contribution in [0.15, 0.2) is 42.5 Å². The Hall–Kier alpha value is -3.12. The number of fused-ring (bicyclic) bond motifs is 1. The third kappa shape index (κ3) is 5.52. The summed E-state index contributed by atoms with van der Waals surface area (Å²) in [6, 6.07) is 12.8. The third-order valence-electron chi connectivity index (χ3n) is 4.90. The molecular weight excluding hydrogens is 414 g/mol. The van der Waals surface area contributed by atoms with Crippen LogP contribution in [-0.4, -0.2) is 23.5 Å². The van der Waals surface area contributed by atoms with E-state index in [0.717, 1.165) is 12.0 Å². The largest absolute Gasteiger partial charge is 0.462 e. The average Bonchev–Trinajstić information content (AvgIpc) is 2.74. The molecule has 0 saturated heterocycles. The van der Waals surface area contributed by atoms with Crippen LogP contribution in [0.1, 0.15) is 48.3 Å². The summed E-state index contributed by atoms with van der Waals surface area (Å²) < 4.78 is 5.18. The number of aryl methyl sites for hydroxylation is 2. The van der Waals surface area contributed by atoms with E-state index in [-0.39, 0.29) is 12.5 Å². The standard InChI is InChI=1S/C24H26ClN3O3/c1-3-5-20-22(24(30)31-4-2)23(26)18-14-17(11-12-19(18)28-20)27-21(29)13-8-15-6-9-16(25)10-7-15/h6-7,9-12,14H,3-5,8,13H2,1-2H3,(H2,26,28)(H,27,29). The van der Waals surface area contributed by atoms with Crippen molar-refractivity contribution in [2.24, 2.45) is 0 Å². The van der Waals surface area contributed by atoms with Crippen molar-refractivity contribution in [3.8, 4) is 0 Å². The Kier molecular flexibility index (Phi) is 7.47.